The van der Waals surface area contributed by atoms with Crippen LogP contribution in [0.5, 0.6) is 0 Å². The molecular formula is C19H28N4O3+2. The molecule has 1 amide bonds. The lowest BCUT2D eigenvalue weighted by molar-refractivity contribution is -1.01. The molecule has 1 fully saturated rings. The van der Waals surface area contributed by atoms with Crippen LogP contribution in [0, 0.1) is 6.92 Å². The normalized spacial score (nSPS) is 20.1. The van der Waals surface area contributed by atoms with Crippen LogP contribution in [-0.2, 0) is 9.53 Å². The molecule has 1 aromatic heterocycles. The number of rotatable bonds is 5. The van der Waals surface area contributed by atoms with E-state index < -0.39 is 5.97 Å². The third kappa shape index (κ3) is 3.89. The zero-order valence-electron chi connectivity index (χ0n) is 15.7. The van der Waals surface area contributed by atoms with E-state index in [0.717, 1.165) is 49.2 Å². The van der Waals surface area contributed by atoms with Crippen molar-refractivity contribution < 1.29 is 24.1 Å². The van der Waals surface area contributed by atoms with Crippen LogP contribution in [0.1, 0.15) is 23.0 Å². The molecule has 1 aliphatic rings. The van der Waals surface area contributed by atoms with Gasteiger partial charge in [-0.05, 0) is 25.5 Å². The summed E-state index contributed by atoms with van der Waals surface area (Å²) in [5, 5.41) is 3.76. The smallest absolute Gasteiger partial charge is 0.356 e. The molecule has 1 saturated heterocycles. The van der Waals surface area contributed by atoms with Crippen molar-refractivity contribution in [3.05, 3.63) is 29.5 Å². The molecule has 0 atom stereocenters. The third-order valence-corrected chi connectivity index (χ3v) is 5.18. The van der Waals surface area contributed by atoms with Crippen LogP contribution in [0.2, 0.25) is 0 Å². The maximum atomic E-state index is 12.6. The van der Waals surface area contributed by atoms with Crippen molar-refractivity contribution in [2.75, 3.05) is 51.7 Å². The maximum Gasteiger partial charge on any atom is 0.356 e. The Morgan fingerprint density at radius 1 is 1.19 bits per heavy atom. The molecule has 1 aliphatic heterocycles. The van der Waals surface area contributed by atoms with Crippen LogP contribution in [0.3, 0.4) is 0 Å². The number of H-pyrrole nitrogens is 1. The highest BCUT2D eigenvalue weighted by Crippen LogP contribution is 2.29. The van der Waals surface area contributed by atoms with Gasteiger partial charge in [0.1, 0.15) is 31.9 Å². The first kappa shape index (κ1) is 18.4. The molecule has 2 aromatic rings. The monoisotopic (exact) mass is 360 g/mol. The van der Waals surface area contributed by atoms with Crippen molar-refractivity contribution >= 4 is 28.5 Å². The number of carbonyl (C=O) groups excluding carboxylic acids is 2. The number of fused-ring (bicyclic) bond motifs is 1. The number of likely N-dealkylation sites (N-methyl/N-ethyl adjacent to an activating group) is 1. The molecule has 7 heteroatoms. The first-order valence-electron chi connectivity index (χ1n) is 9.19. The average Bonchev–Trinajstić information content (AvgIpc) is 2.99. The Hall–Kier alpha value is -2.38. The predicted octanol–water partition coefficient (Wildman–Crippen LogP) is -0.995. The highest BCUT2D eigenvalue weighted by molar-refractivity contribution is 6.11. The molecule has 3 rings (SSSR count). The second kappa shape index (κ2) is 7.88. The predicted molar refractivity (Wildman–Crippen MR) is 99.8 cm³/mol. The minimum atomic E-state index is -0.485. The van der Waals surface area contributed by atoms with Gasteiger partial charge in [0.15, 0.2) is 6.54 Å². The van der Waals surface area contributed by atoms with Gasteiger partial charge in [-0.3, -0.25) is 4.79 Å². The average molecular weight is 360 g/mol. The first-order chi connectivity index (χ1) is 12.5. The Morgan fingerprint density at radius 3 is 2.54 bits per heavy atom. The number of aromatic amines is 1. The summed E-state index contributed by atoms with van der Waals surface area (Å²) in [6.07, 6.45) is 0. The zero-order chi connectivity index (χ0) is 18.7. The topological polar surface area (TPSA) is 80.1 Å². The number of ether oxygens (including phenoxy) is 1. The van der Waals surface area contributed by atoms with Crippen LogP contribution in [0.25, 0.3) is 10.9 Å². The summed E-state index contributed by atoms with van der Waals surface area (Å²) in [5.74, 6) is -0.562. The fourth-order valence-corrected chi connectivity index (χ4v) is 3.59. The number of quaternary nitrogens is 2. The molecular weight excluding hydrogens is 332 g/mol. The summed E-state index contributed by atoms with van der Waals surface area (Å²) in [6.45, 7) is 9.91. The molecule has 0 spiro atoms. The Balaban J connectivity index is 1.77. The van der Waals surface area contributed by atoms with Gasteiger partial charge < -0.3 is 24.8 Å². The molecule has 0 unspecified atom stereocenters. The number of hydrogen-bond acceptors (Lipinski definition) is 3. The van der Waals surface area contributed by atoms with E-state index in [1.165, 1.54) is 12.0 Å². The Kier molecular flexibility index (Phi) is 5.58. The summed E-state index contributed by atoms with van der Waals surface area (Å²) >= 11 is 0. The van der Waals surface area contributed by atoms with Crippen LogP contribution in [-0.4, -0.2) is 63.2 Å². The summed E-state index contributed by atoms with van der Waals surface area (Å²) in [7, 11) is 1.34. The van der Waals surface area contributed by atoms with Gasteiger partial charge in [-0.25, -0.2) is 4.79 Å². The molecule has 0 bridgehead atoms. The first-order valence-corrected chi connectivity index (χ1v) is 9.19. The van der Waals surface area contributed by atoms with E-state index in [9.17, 15) is 9.59 Å². The van der Waals surface area contributed by atoms with Crippen molar-refractivity contribution in [2.45, 2.75) is 13.8 Å². The number of benzene rings is 1. The molecule has 0 saturated carbocycles. The minimum Gasteiger partial charge on any atom is -0.464 e. The lowest BCUT2D eigenvalue weighted by Gasteiger charge is -2.28. The highest BCUT2D eigenvalue weighted by Gasteiger charge is 2.25. The fraction of sp³-hybridized carbons (Fsp3) is 0.474. The van der Waals surface area contributed by atoms with Gasteiger partial charge in [0.05, 0.1) is 19.3 Å². The van der Waals surface area contributed by atoms with Crippen molar-refractivity contribution in [1.82, 2.24) is 4.98 Å². The SMILES string of the molecule is CC[NH+]1CC[NH+](CC(=O)Nc2c(C(=O)OC)[nH]c3cc(C)ccc23)CC1. The van der Waals surface area contributed by atoms with Crippen molar-refractivity contribution in [1.29, 1.82) is 0 Å². The lowest BCUT2D eigenvalue weighted by atomic mass is 10.1. The van der Waals surface area contributed by atoms with Gasteiger partial charge in [-0.15, -0.1) is 0 Å². The fourth-order valence-electron chi connectivity index (χ4n) is 3.59. The van der Waals surface area contributed by atoms with Gasteiger partial charge in [-0.2, -0.15) is 0 Å². The number of amides is 1. The number of anilines is 1. The van der Waals surface area contributed by atoms with Gasteiger partial charge in [0.25, 0.3) is 5.91 Å². The number of piperazine rings is 1. The number of aromatic nitrogens is 1. The molecule has 7 nitrogen and oxygen atoms in total. The molecule has 26 heavy (non-hydrogen) atoms. The molecule has 1 aromatic carbocycles. The van der Waals surface area contributed by atoms with E-state index in [2.05, 4.69) is 17.2 Å². The van der Waals surface area contributed by atoms with E-state index in [0.29, 0.717) is 12.2 Å². The van der Waals surface area contributed by atoms with Gasteiger partial charge in [0, 0.05) is 10.9 Å². The lowest BCUT2D eigenvalue weighted by Crippen LogP contribution is -3.28. The molecule has 4 N–H and O–H groups in total. The van der Waals surface area contributed by atoms with Crippen molar-refractivity contribution in [3.63, 3.8) is 0 Å². The van der Waals surface area contributed by atoms with E-state index in [4.69, 9.17) is 4.74 Å². The van der Waals surface area contributed by atoms with Crippen LogP contribution < -0.4 is 15.1 Å². The third-order valence-electron chi connectivity index (χ3n) is 5.18. The minimum absolute atomic E-state index is 0.0772. The van der Waals surface area contributed by atoms with Crippen LogP contribution >= 0.6 is 0 Å². The van der Waals surface area contributed by atoms with Gasteiger partial charge in [-0.1, -0.05) is 12.1 Å². The molecule has 2 heterocycles. The summed E-state index contributed by atoms with van der Waals surface area (Å²) in [6, 6.07) is 5.83. The van der Waals surface area contributed by atoms with E-state index in [1.54, 1.807) is 4.90 Å². The molecule has 0 radical (unpaired) electrons. The number of hydrogen-bond donors (Lipinski definition) is 4. The number of nitrogens with one attached hydrogen (secondary N) is 4. The van der Waals surface area contributed by atoms with Crippen LogP contribution in [0.15, 0.2) is 18.2 Å². The van der Waals surface area contributed by atoms with Gasteiger partial charge >= 0.3 is 5.97 Å². The standard InChI is InChI=1S/C19H26N4O3/c1-4-22-7-9-23(10-8-22)12-16(24)21-17-14-6-5-13(2)11-15(14)20-18(17)19(25)26-3/h5-6,11,20H,4,7-10,12H2,1-3H3,(H,21,24)/p+2. The quantitative estimate of drug-likeness (QED) is 0.517. The second-order valence-corrected chi connectivity index (χ2v) is 6.99. The van der Waals surface area contributed by atoms with Crippen molar-refractivity contribution in [3.8, 4) is 0 Å². The number of methoxy groups -OCH3 is 1. The number of carbonyl (C=O) groups is 2. The molecule has 0 aliphatic carbocycles. The Bertz CT molecular complexity index is 806. The van der Waals surface area contributed by atoms with Crippen LogP contribution in [0.4, 0.5) is 5.69 Å². The summed E-state index contributed by atoms with van der Waals surface area (Å²) in [4.78, 5) is 30.7. The second-order valence-electron chi connectivity index (χ2n) is 6.99. The molecule has 140 valence electrons. The summed E-state index contributed by atoms with van der Waals surface area (Å²) in [5.41, 5.74) is 2.69. The van der Waals surface area contributed by atoms with E-state index in [-0.39, 0.29) is 11.6 Å². The van der Waals surface area contributed by atoms with Crippen molar-refractivity contribution in [2.24, 2.45) is 0 Å². The maximum absolute atomic E-state index is 12.6. The Morgan fingerprint density at radius 2 is 1.88 bits per heavy atom. The Labute approximate surface area is 153 Å². The highest BCUT2D eigenvalue weighted by atomic mass is 16.5. The summed E-state index contributed by atoms with van der Waals surface area (Å²) < 4.78 is 4.86. The largest absolute Gasteiger partial charge is 0.464 e. The number of esters is 1. The zero-order valence-corrected chi connectivity index (χ0v) is 15.7. The number of aryl methyl sites for hydroxylation is 1. The van der Waals surface area contributed by atoms with E-state index >= 15 is 0 Å². The van der Waals surface area contributed by atoms with E-state index in [1.807, 2.05) is 25.1 Å². The van der Waals surface area contributed by atoms with Gasteiger partial charge in [0.2, 0.25) is 0 Å².